The van der Waals surface area contributed by atoms with Gasteiger partial charge in [-0.15, -0.1) is 0 Å². The number of phenols is 2. The van der Waals surface area contributed by atoms with E-state index in [0.29, 0.717) is 16.9 Å². The van der Waals surface area contributed by atoms with Crippen LogP contribution < -0.4 is 10.2 Å². The Hall–Kier alpha value is -3.58. The highest BCUT2D eigenvalue weighted by Gasteiger charge is 2.37. The van der Waals surface area contributed by atoms with Gasteiger partial charge >= 0.3 is 5.97 Å². The molecule has 154 valence electrons. The number of carbonyl (C=O) groups excluding carboxylic acids is 1. The van der Waals surface area contributed by atoms with Crippen molar-refractivity contribution < 1.29 is 24.2 Å². The smallest absolute Gasteiger partial charge is 0.312 e. The Labute approximate surface area is 184 Å². The normalized spacial score (nSPS) is 15.5. The molecule has 4 aromatic rings. The van der Waals surface area contributed by atoms with Crippen LogP contribution in [-0.2, 0) is 4.79 Å². The number of ether oxygens (including phenoxy) is 1. The molecular weight excluding hydrogens is 464 g/mol. The van der Waals surface area contributed by atoms with Crippen LogP contribution in [0.15, 0.2) is 74.3 Å². The number of carbonyl (C=O) groups is 1. The Balaban J connectivity index is 1.90. The summed E-state index contributed by atoms with van der Waals surface area (Å²) in [6, 6.07) is 17.7. The van der Waals surface area contributed by atoms with Crippen molar-refractivity contribution in [2.24, 2.45) is 0 Å². The zero-order valence-corrected chi connectivity index (χ0v) is 17.5. The van der Waals surface area contributed by atoms with Crippen LogP contribution >= 0.6 is 15.9 Å². The van der Waals surface area contributed by atoms with Crippen molar-refractivity contribution in [3.05, 3.63) is 86.5 Å². The molecule has 0 amide bonds. The number of benzene rings is 3. The first-order valence-corrected chi connectivity index (χ1v) is 10.3. The maximum absolute atomic E-state index is 13.0. The molecule has 1 aliphatic rings. The van der Waals surface area contributed by atoms with Crippen molar-refractivity contribution in [2.45, 2.75) is 12.3 Å². The van der Waals surface area contributed by atoms with Gasteiger partial charge in [-0.1, -0.05) is 64.5 Å². The topological polar surface area (TPSA) is 97.0 Å². The molecule has 0 spiro atoms. The molecule has 0 saturated carbocycles. The summed E-state index contributed by atoms with van der Waals surface area (Å²) in [5, 5.41) is 21.0. The van der Waals surface area contributed by atoms with Gasteiger partial charge in [0.2, 0.25) is 5.75 Å². The average molecular weight is 479 g/mol. The Morgan fingerprint density at radius 3 is 2.39 bits per heavy atom. The number of hydrogen-bond donors (Lipinski definition) is 2. The molecule has 1 aromatic heterocycles. The van der Waals surface area contributed by atoms with Gasteiger partial charge < -0.3 is 19.4 Å². The van der Waals surface area contributed by atoms with Crippen LogP contribution in [0.1, 0.15) is 23.5 Å². The van der Waals surface area contributed by atoms with Gasteiger partial charge in [-0.2, -0.15) is 0 Å². The van der Waals surface area contributed by atoms with E-state index < -0.39 is 28.8 Å². The summed E-state index contributed by atoms with van der Waals surface area (Å²) in [6.45, 7) is 0. The fourth-order valence-electron chi connectivity index (χ4n) is 3.98. The van der Waals surface area contributed by atoms with E-state index in [2.05, 4.69) is 15.9 Å². The predicted molar refractivity (Wildman–Crippen MR) is 117 cm³/mol. The highest BCUT2D eigenvalue weighted by molar-refractivity contribution is 9.10. The standard InChI is InChI=1S/C24H15BrO6/c25-15-9-5-4-8-13(15)14-10-18(27)31-24-19(14)23-20(21(28)22(24)29)16(26)11-17(30-23)12-6-2-1-3-7-12/h1-9,11,14,28-29H,10H2/t14-/m0/s1. The third-order valence-corrected chi connectivity index (χ3v) is 6.11. The van der Waals surface area contributed by atoms with Gasteiger partial charge in [-0.3, -0.25) is 9.59 Å². The summed E-state index contributed by atoms with van der Waals surface area (Å²) >= 11 is 3.51. The van der Waals surface area contributed by atoms with Crippen LogP contribution in [0.4, 0.5) is 0 Å². The largest absolute Gasteiger partial charge is 0.504 e. The monoisotopic (exact) mass is 478 g/mol. The van der Waals surface area contributed by atoms with Crippen molar-refractivity contribution in [1.82, 2.24) is 0 Å². The molecule has 1 aliphatic heterocycles. The molecular formula is C24H15BrO6. The van der Waals surface area contributed by atoms with Gasteiger partial charge in [0.25, 0.3) is 0 Å². The molecule has 0 unspecified atom stereocenters. The van der Waals surface area contributed by atoms with E-state index >= 15 is 0 Å². The van der Waals surface area contributed by atoms with Crippen LogP contribution in [0.5, 0.6) is 17.2 Å². The van der Waals surface area contributed by atoms with Crippen LogP contribution in [0.25, 0.3) is 22.3 Å². The Bertz CT molecular complexity index is 1410. The summed E-state index contributed by atoms with van der Waals surface area (Å²) in [5.41, 5.74) is 1.34. The lowest BCUT2D eigenvalue weighted by Gasteiger charge is -2.27. The lowest BCUT2D eigenvalue weighted by atomic mass is 9.84. The highest BCUT2D eigenvalue weighted by atomic mass is 79.9. The summed E-state index contributed by atoms with van der Waals surface area (Å²) < 4.78 is 12.2. The zero-order chi connectivity index (χ0) is 21.7. The van der Waals surface area contributed by atoms with Crippen LogP contribution in [0.3, 0.4) is 0 Å². The first kappa shape index (κ1) is 19.4. The predicted octanol–water partition coefficient (Wildman–Crippen LogP) is 5.07. The van der Waals surface area contributed by atoms with E-state index in [1.807, 2.05) is 42.5 Å². The average Bonchev–Trinajstić information content (AvgIpc) is 2.77. The second-order valence-electron chi connectivity index (χ2n) is 7.24. The molecule has 7 heteroatoms. The third-order valence-electron chi connectivity index (χ3n) is 5.39. The molecule has 0 saturated heterocycles. The van der Waals surface area contributed by atoms with E-state index in [0.717, 1.165) is 10.0 Å². The van der Waals surface area contributed by atoms with E-state index in [4.69, 9.17) is 9.15 Å². The Kier molecular flexibility index (Phi) is 4.55. The number of aromatic hydroxyl groups is 2. The molecule has 0 radical (unpaired) electrons. The van der Waals surface area contributed by atoms with Crippen molar-refractivity contribution in [2.75, 3.05) is 0 Å². The van der Waals surface area contributed by atoms with Crippen LogP contribution in [-0.4, -0.2) is 16.2 Å². The zero-order valence-electron chi connectivity index (χ0n) is 16.0. The first-order chi connectivity index (χ1) is 15.0. The minimum absolute atomic E-state index is 0.0196. The first-order valence-electron chi connectivity index (χ1n) is 9.52. The molecule has 2 N–H and O–H groups in total. The molecule has 3 aromatic carbocycles. The molecule has 0 fully saturated rings. The van der Waals surface area contributed by atoms with Crippen molar-refractivity contribution in [3.8, 4) is 28.6 Å². The third kappa shape index (κ3) is 3.09. The summed E-state index contributed by atoms with van der Waals surface area (Å²) in [4.78, 5) is 25.3. The minimum atomic E-state index is -0.678. The number of halogens is 1. The second-order valence-corrected chi connectivity index (χ2v) is 8.09. The van der Waals surface area contributed by atoms with Gasteiger partial charge in [-0.05, 0) is 11.6 Å². The number of esters is 1. The fraction of sp³-hybridized carbons (Fsp3) is 0.0833. The lowest BCUT2D eigenvalue weighted by Crippen LogP contribution is -2.22. The van der Waals surface area contributed by atoms with Gasteiger partial charge in [-0.25, -0.2) is 0 Å². The second kappa shape index (κ2) is 7.28. The van der Waals surface area contributed by atoms with Gasteiger partial charge in [0.05, 0.1) is 12.0 Å². The fourth-order valence-corrected chi connectivity index (χ4v) is 4.54. The molecule has 5 rings (SSSR count). The minimum Gasteiger partial charge on any atom is -0.504 e. The Morgan fingerprint density at radius 1 is 0.935 bits per heavy atom. The number of phenolic OH excluding ortho intramolecular Hbond substituents is 2. The van der Waals surface area contributed by atoms with Crippen molar-refractivity contribution in [1.29, 1.82) is 0 Å². The van der Waals surface area contributed by atoms with E-state index in [1.54, 1.807) is 12.1 Å². The summed E-state index contributed by atoms with van der Waals surface area (Å²) in [7, 11) is 0. The van der Waals surface area contributed by atoms with Crippen molar-refractivity contribution in [3.63, 3.8) is 0 Å². The summed E-state index contributed by atoms with van der Waals surface area (Å²) in [5.74, 6) is -2.36. The van der Waals surface area contributed by atoms with Crippen LogP contribution in [0.2, 0.25) is 0 Å². The molecule has 0 aliphatic carbocycles. The quantitative estimate of drug-likeness (QED) is 0.237. The van der Waals surface area contributed by atoms with Crippen molar-refractivity contribution >= 4 is 32.9 Å². The van der Waals surface area contributed by atoms with E-state index in [9.17, 15) is 19.8 Å². The Morgan fingerprint density at radius 2 is 1.65 bits per heavy atom. The van der Waals surface area contributed by atoms with E-state index in [1.165, 1.54) is 6.07 Å². The molecule has 1 atom stereocenters. The van der Waals surface area contributed by atoms with E-state index in [-0.39, 0.29) is 23.1 Å². The highest BCUT2D eigenvalue weighted by Crippen LogP contribution is 2.52. The molecule has 2 heterocycles. The number of rotatable bonds is 2. The van der Waals surface area contributed by atoms with Crippen LogP contribution in [0, 0.1) is 0 Å². The van der Waals surface area contributed by atoms with Gasteiger partial charge in [0.15, 0.2) is 16.9 Å². The SMILES string of the molecule is O=C1C[C@@H](c2ccccc2Br)c2c(c(O)c(O)c3c(=O)cc(-c4ccccc4)oc23)O1. The number of fused-ring (bicyclic) bond motifs is 3. The molecule has 31 heavy (non-hydrogen) atoms. The maximum Gasteiger partial charge on any atom is 0.312 e. The summed E-state index contributed by atoms with van der Waals surface area (Å²) in [6.07, 6.45) is -0.0196. The molecule has 0 bridgehead atoms. The lowest BCUT2D eigenvalue weighted by molar-refractivity contribution is -0.135. The maximum atomic E-state index is 13.0. The molecule has 6 nitrogen and oxygen atoms in total. The van der Waals surface area contributed by atoms with Gasteiger partial charge in [0.1, 0.15) is 16.7 Å². The van der Waals surface area contributed by atoms with Gasteiger partial charge in [0, 0.05) is 22.0 Å². The number of hydrogen-bond acceptors (Lipinski definition) is 6.